The molecule has 0 unspecified atom stereocenters. The SMILES string of the molecule is CC(C)CI1C=C(C(=O)c2ccc(-c3ccccc3)cc2)C(C)(C)CC1. The number of benzene rings is 2. The van der Waals surface area contributed by atoms with Crippen molar-refractivity contribution in [1.29, 1.82) is 0 Å². The van der Waals surface area contributed by atoms with E-state index in [9.17, 15) is 4.79 Å². The first-order valence-electron chi connectivity index (χ1n) is 9.39. The van der Waals surface area contributed by atoms with Crippen LogP contribution in [0, 0.1) is 11.3 Å². The molecule has 26 heavy (non-hydrogen) atoms. The van der Waals surface area contributed by atoms with Crippen molar-refractivity contribution in [3.8, 4) is 11.1 Å². The van der Waals surface area contributed by atoms with E-state index in [2.05, 4.69) is 56.0 Å². The fraction of sp³-hybridized carbons (Fsp3) is 0.375. The Balaban J connectivity index is 1.86. The van der Waals surface area contributed by atoms with Gasteiger partial charge in [-0.15, -0.1) is 0 Å². The fourth-order valence-corrected chi connectivity index (χ4v) is 10.6. The van der Waals surface area contributed by atoms with Crippen LogP contribution in [-0.4, -0.2) is 14.6 Å². The Labute approximate surface area is 165 Å². The molecule has 0 atom stereocenters. The summed E-state index contributed by atoms with van der Waals surface area (Å²) in [6, 6.07) is 18.5. The van der Waals surface area contributed by atoms with Crippen molar-refractivity contribution >= 4 is 25.6 Å². The van der Waals surface area contributed by atoms with Crippen LogP contribution in [0.2, 0.25) is 0 Å². The van der Waals surface area contributed by atoms with Gasteiger partial charge >= 0.3 is 166 Å². The maximum absolute atomic E-state index is 13.3. The van der Waals surface area contributed by atoms with Crippen LogP contribution in [0.3, 0.4) is 0 Å². The topological polar surface area (TPSA) is 17.1 Å². The quantitative estimate of drug-likeness (QED) is 0.266. The molecule has 1 heterocycles. The first-order valence-corrected chi connectivity index (χ1v) is 13.7. The fourth-order valence-electron chi connectivity index (χ4n) is 3.32. The molecule has 0 aliphatic carbocycles. The van der Waals surface area contributed by atoms with Crippen molar-refractivity contribution < 1.29 is 4.79 Å². The summed E-state index contributed by atoms with van der Waals surface area (Å²) in [5, 5.41) is 0. The second kappa shape index (κ2) is 8.08. The van der Waals surface area contributed by atoms with Crippen LogP contribution in [0.15, 0.2) is 64.3 Å². The molecule has 0 radical (unpaired) electrons. The summed E-state index contributed by atoms with van der Waals surface area (Å²) in [6.45, 7) is 9.07. The van der Waals surface area contributed by atoms with Crippen LogP contribution in [0.1, 0.15) is 44.5 Å². The number of hydrogen-bond donors (Lipinski definition) is 0. The van der Waals surface area contributed by atoms with Gasteiger partial charge in [-0.2, -0.15) is 0 Å². The molecule has 0 saturated carbocycles. The number of ketones is 1. The summed E-state index contributed by atoms with van der Waals surface area (Å²) in [5.74, 6) is 0.972. The molecule has 0 N–H and O–H groups in total. The normalized spacial score (nSPS) is 17.9. The van der Waals surface area contributed by atoms with Crippen molar-refractivity contribution in [1.82, 2.24) is 0 Å². The summed E-state index contributed by atoms with van der Waals surface area (Å²) in [5.41, 5.74) is 4.25. The van der Waals surface area contributed by atoms with E-state index < -0.39 is 19.8 Å². The van der Waals surface area contributed by atoms with Crippen LogP contribution in [0.5, 0.6) is 0 Å². The number of carbonyl (C=O) groups excluding carboxylic acids is 1. The third-order valence-electron chi connectivity index (χ3n) is 4.96. The molecule has 138 valence electrons. The molecule has 0 aromatic heterocycles. The van der Waals surface area contributed by atoms with E-state index in [0.717, 1.165) is 29.0 Å². The van der Waals surface area contributed by atoms with Gasteiger partial charge in [0, 0.05) is 0 Å². The summed E-state index contributed by atoms with van der Waals surface area (Å²) in [4.78, 5) is 13.3. The molecule has 3 rings (SSSR count). The zero-order valence-corrected chi connectivity index (χ0v) is 18.4. The monoisotopic (exact) mass is 460 g/mol. The van der Waals surface area contributed by atoms with Crippen molar-refractivity contribution in [2.45, 2.75) is 34.1 Å². The molecule has 0 bridgehead atoms. The predicted octanol–water partition coefficient (Wildman–Crippen LogP) is 7.01. The Morgan fingerprint density at radius 2 is 1.62 bits per heavy atom. The first-order chi connectivity index (χ1) is 12.4. The second-order valence-corrected chi connectivity index (χ2v) is 13.6. The van der Waals surface area contributed by atoms with Crippen molar-refractivity contribution in [2.75, 3.05) is 8.86 Å². The molecule has 0 saturated heterocycles. The van der Waals surface area contributed by atoms with Crippen molar-refractivity contribution in [3.63, 3.8) is 0 Å². The van der Waals surface area contributed by atoms with Crippen molar-refractivity contribution in [2.24, 2.45) is 11.3 Å². The average Bonchev–Trinajstić information content (AvgIpc) is 2.63. The number of halogens is 1. The van der Waals surface area contributed by atoms with E-state index >= 15 is 0 Å². The van der Waals surface area contributed by atoms with Gasteiger partial charge in [0.05, 0.1) is 0 Å². The number of rotatable bonds is 5. The van der Waals surface area contributed by atoms with E-state index in [1.807, 2.05) is 30.3 Å². The maximum atomic E-state index is 13.3. The second-order valence-electron chi connectivity index (χ2n) is 8.16. The van der Waals surface area contributed by atoms with Gasteiger partial charge in [0.25, 0.3) is 0 Å². The molecular weight excluding hydrogens is 431 g/mol. The molecular formula is C24H29IO. The van der Waals surface area contributed by atoms with E-state index in [0.29, 0.717) is 0 Å². The Kier molecular flexibility index (Phi) is 6.01. The Hall–Kier alpha value is -1.42. The van der Waals surface area contributed by atoms with Gasteiger partial charge in [0.2, 0.25) is 0 Å². The van der Waals surface area contributed by atoms with E-state index in [1.165, 1.54) is 14.4 Å². The molecule has 0 amide bonds. The molecule has 1 aliphatic rings. The third kappa shape index (κ3) is 4.46. The van der Waals surface area contributed by atoms with Crippen LogP contribution >= 0.6 is 19.8 Å². The Morgan fingerprint density at radius 3 is 2.23 bits per heavy atom. The van der Waals surface area contributed by atoms with E-state index in [4.69, 9.17) is 0 Å². The molecule has 0 fully saturated rings. The van der Waals surface area contributed by atoms with Gasteiger partial charge < -0.3 is 0 Å². The molecule has 0 spiro atoms. The zero-order valence-electron chi connectivity index (χ0n) is 16.3. The molecule has 2 aromatic carbocycles. The van der Waals surface area contributed by atoms with Gasteiger partial charge in [0.15, 0.2) is 0 Å². The van der Waals surface area contributed by atoms with Gasteiger partial charge in [-0.3, -0.25) is 0 Å². The number of hydrogen-bond acceptors (Lipinski definition) is 1. The summed E-state index contributed by atoms with van der Waals surface area (Å²) >= 11 is -1.13. The molecule has 1 aliphatic heterocycles. The summed E-state index contributed by atoms with van der Waals surface area (Å²) in [6.07, 6.45) is 1.16. The van der Waals surface area contributed by atoms with Gasteiger partial charge in [-0.25, -0.2) is 0 Å². The van der Waals surface area contributed by atoms with Gasteiger partial charge in [-0.05, 0) is 0 Å². The number of carbonyl (C=O) groups is 1. The summed E-state index contributed by atoms with van der Waals surface area (Å²) in [7, 11) is 0. The zero-order chi connectivity index (χ0) is 18.7. The first kappa shape index (κ1) is 19.3. The minimum atomic E-state index is -1.13. The number of Topliss-reactive ketones (excluding diaryl/α,β-unsaturated/α-hetero) is 1. The van der Waals surface area contributed by atoms with Gasteiger partial charge in [0.1, 0.15) is 0 Å². The minimum absolute atomic E-state index is 0.000143. The predicted molar refractivity (Wildman–Crippen MR) is 121 cm³/mol. The van der Waals surface area contributed by atoms with E-state index in [-0.39, 0.29) is 11.2 Å². The molecule has 2 heteroatoms. The van der Waals surface area contributed by atoms with E-state index in [1.54, 1.807) is 0 Å². The van der Waals surface area contributed by atoms with Crippen LogP contribution < -0.4 is 0 Å². The Bertz CT molecular complexity index is 785. The van der Waals surface area contributed by atoms with Crippen LogP contribution in [0.4, 0.5) is 0 Å². The van der Waals surface area contributed by atoms with Crippen molar-refractivity contribution in [3.05, 3.63) is 69.8 Å². The molecule has 2 aromatic rings. The van der Waals surface area contributed by atoms with Gasteiger partial charge in [-0.1, -0.05) is 0 Å². The number of alkyl halides is 2. The Morgan fingerprint density at radius 1 is 1.00 bits per heavy atom. The average molecular weight is 460 g/mol. The van der Waals surface area contributed by atoms with Crippen LogP contribution in [0.25, 0.3) is 11.1 Å². The third-order valence-corrected chi connectivity index (χ3v) is 11.3. The molecule has 1 nitrogen and oxygen atoms in total. The van der Waals surface area contributed by atoms with Crippen LogP contribution in [-0.2, 0) is 0 Å². The standard InChI is InChI=1S/C24H29IO/c1-18(2)16-25-15-14-24(3,4)22(17-25)23(26)21-12-10-20(11-13-21)19-8-6-5-7-9-19/h5-13,17-18H,14-16H2,1-4H3. The summed E-state index contributed by atoms with van der Waals surface area (Å²) < 4.78 is 5.10. The number of allylic oxidation sites excluding steroid dienone is 1.